The molecule has 0 bridgehead atoms. The zero-order chi connectivity index (χ0) is 20.3. The molecule has 0 spiro atoms. The molecule has 3 aromatic carbocycles. The minimum absolute atomic E-state index is 0.0708. The van der Waals surface area contributed by atoms with Crippen molar-refractivity contribution in [3.63, 3.8) is 0 Å². The van der Waals surface area contributed by atoms with Crippen LogP contribution in [0.2, 0.25) is 0 Å². The Balaban J connectivity index is 1.81. The van der Waals surface area contributed by atoms with Crippen molar-refractivity contribution < 1.29 is 26.2 Å². The molecule has 0 saturated carbocycles. The van der Waals surface area contributed by atoms with E-state index in [0.29, 0.717) is 0 Å². The van der Waals surface area contributed by atoms with Crippen LogP contribution in [0, 0.1) is 23.0 Å². The summed E-state index contributed by atoms with van der Waals surface area (Å²) in [6.07, 6.45) is 0. The number of benzene rings is 3. The second kappa shape index (κ2) is 7.58. The first kappa shape index (κ1) is 19.2. The molecule has 3 rings (SSSR count). The molecule has 0 unspecified atom stereocenters. The monoisotopic (exact) mass is 399 g/mol. The van der Waals surface area contributed by atoms with Gasteiger partial charge in [0.05, 0.1) is 5.56 Å². The SMILES string of the molecule is N#Cc1cc(S(=O)(=O)Oc2ccc(C(=O)c3ccc(F)cc3)cc2)ccc1F. The Bertz CT molecular complexity index is 1180. The number of ketones is 1. The molecule has 0 aliphatic rings. The van der Waals surface area contributed by atoms with Crippen LogP contribution in [0.4, 0.5) is 8.78 Å². The lowest BCUT2D eigenvalue weighted by Crippen LogP contribution is -2.10. The van der Waals surface area contributed by atoms with Crippen molar-refractivity contribution in [3.8, 4) is 11.8 Å². The van der Waals surface area contributed by atoms with Gasteiger partial charge in [-0.3, -0.25) is 4.79 Å². The van der Waals surface area contributed by atoms with E-state index in [2.05, 4.69) is 0 Å². The second-order valence-corrected chi connectivity index (χ2v) is 7.20. The maximum Gasteiger partial charge on any atom is 0.339 e. The van der Waals surface area contributed by atoms with E-state index in [9.17, 15) is 22.0 Å². The van der Waals surface area contributed by atoms with Gasteiger partial charge in [0, 0.05) is 11.1 Å². The number of hydrogen-bond acceptors (Lipinski definition) is 5. The van der Waals surface area contributed by atoms with E-state index in [4.69, 9.17) is 9.44 Å². The van der Waals surface area contributed by atoms with Gasteiger partial charge in [-0.05, 0) is 66.7 Å². The number of carbonyl (C=O) groups excluding carboxylic acids is 1. The van der Waals surface area contributed by atoms with E-state index in [1.165, 1.54) is 36.4 Å². The molecule has 0 radical (unpaired) electrons. The number of hydrogen-bond donors (Lipinski definition) is 0. The molecule has 0 atom stereocenters. The second-order valence-electron chi connectivity index (χ2n) is 5.65. The van der Waals surface area contributed by atoms with Crippen LogP contribution in [0.5, 0.6) is 5.75 Å². The summed E-state index contributed by atoms with van der Waals surface area (Å²) in [4.78, 5) is 12.0. The lowest BCUT2D eigenvalue weighted by atomic mass is 10.0. The highest BCUT2D eigenvalue weighted by Crippen LogP contribution is 2.22. The normalized spacial score (nSPS) is 10.9. The lowest BCUT2D eigenvalue weighted by molar-refractivity contribution is 0.103. The number of rotatable bonds is 5. The molecule has 0 saturated heterocycles. The first-order chi connectivity index (χ1) is 13.3. The van der Waals surface area contributed by atoms with Crippen molar-refractivity contribution in [2.24, 2.45) is 0 Å². The van der Waals surface area contributed by atoms with Crippen molar-refractivity contribution in [1.82, 2.24) is 0 Å². The number of nitrogens with zero attached hydrogens (tertiary/aromatic N) is 1. The third-order valence-corrected chi connectivity index (χ3v) is 5.02. The molecule has 0 aromatic heterocycles. The van der Waals surface area contributed by atoms with Gasteiger partial charge in [0.15, 0.2) is 5.78 Å². The summed E-state index contributed by atoms with van der Waals surface area (Å²) < 4.78 is 55.9. The number of halogens is 2. The molecule has 140 valence electrons. The summed E-state index contributed by atoms with van der Waals surface area (Å²) in [6, 6.07) is 14.6. The topological polar surface area (TPSA) is 84.2 Å². The minimum atomic E-state index is -4.30. The van der Waals surface area contributed by atoms with Gasteiger partial charge in [0.2, 0.25) is 0 Å². The highest BCUT2D eigenvalue weighted by Gasteiger charge is 2.19. The average molecular weight is 399 g/mol. The van der Waals surface area contributed by atoms with Crippen molar-refractivity contribution in [1.29, 1.82) is 5.26 Å². The predicted octanol–water partition coefficient (Wildman–Crippen LogP) is 3.84. The highest BCUT2D eigenvalue weighted by molar-refractivity contribution is 7.87. The van der Waals surface area contributed by atoms with Gasteiger partial charge in [-0.2, -0.15) is 13.7 Å². The molecular weight excluding hydrogens is 388 g/mol. The number of carbonyl (C=O) groups is 1. The van der Waals surface area contributed by atoms with Crippen LogP contribution in [-0.4, -0.2) is 14.2 Å². The molecular formula is C20H11F2NO4S. The Labute approximate surface area is 159 Å². The van der Waals surface area contributed by atoms with E-state index < -0.39 is 27.3 Å². The van der Waals surface area contributed by atoms with Crippen LogP contribution in [0.1, 0.15) is 21.5 Å². The van der Waals surface area contributed by atoms with Gasteiger partial charge in [-0.15, -0.1) is 0 Å². The zero-order valence-corrected chi connectivity index (χ0v) is 14.9. The molecule has 8 heteroatoms. The first-order valence-corrected chi connectivity index (χ1v) is 9.25. The number of nitriles is 1. The maximum atomic E-state index is 13.4. The fourth-order valence-electron chi connectivity index (χ4n) is 2.35. The van der Waals surface area contributed by atoms with E-state index >= 15 is 0 Å². The zero-order valence-electron chi connectivity index (χ0n) is 14.1. The van der Waals surface area contributed by atoms with Gasteiger partial charge in [-0.25, -0.2) is 8.78 Å². The van der Waals surface area contributed by atoms with Crippen LogP contribution >= 0.6 is 0 Å². The van der Waals surface area contributed by atoms with Crippen molar-refractivity contribution in [2.45, 2.75) is 4.90 Å². The van der Waals surface area contributed by atoms with E-state index in [-0.39, 0.29) is 27.6 Å². The van der Waals surface area contributed by atoms with Gasteiger partial charge < -0.3 is 4.18 Å². The van der Waals surface area contributed by atoms with Crippen LogP contribution < -0.4 is 4.18 Å². The summed E-state index contributed by atoms with van der Waals surface area (Å²) in [5.74, 6) is -1.75. The summed E-state index contributed by atoms with van der Waals surface area (Å²) in [6.45, 7) is 0. The summed E-state index contributed by atoms with van der Waals surface area (Å²) in [5.41, 5.74) is 0.104. The Hall–Kier alpha value is -3.57. The van der Waals surface area contributed by atoms with Crippen LogP contribution in [0.25, 0.3) is 0 Å². The third-order valence-electron chi connectivity index (χ3n) is 3.78. The molecule has 0 aliphatic carbocycles. The lowest BCUT2D eigenvalue weighted by Gasteiger charge is -2.08. The standard InChI is InChI=1S/C20H11F2NO4S/c21-16-5-1-13(2-6-16)20(24)14-3-7-17(8-4-14)27-28(25,26)18-9-10-19(22)15(11-18)12-23/h1-11H. The Morgan fingerprint density at radius 2 is 1.46 bits per heavy atom. The quantitative estimate of drug-likeness (QED) is 0.481. The fourth-order valence-corrected chi connectivity index (χ4v) is 3.31. The van der Waals surface area contributed by atoms with Crippen molar-refractivity contribution >= 4 is 15.9 Å². The van der Waals surface area contributed by atoms with Gasteiger partial charge in [-0.1, -0.05) is 0 Å². The summed E-state index contributed by atoms with van der Waals surface area (Å²) in [5, 5.41) is 8.81. The summed E-state index contributed by atoms with van der Waals surface area (Å²) >= 11 is 0. The molecule has 0 fully saturated rings. The fraction of sp³-hybridized carbons (Fsp3) is 0. The van der Waals surface area contributed by atoms with Crippen LogP contribution in [0.3, 0.4) is 0 Å². The van der Waals surface area contributed by atoms with Crippen molar-refractivity contribution in [3.05, 3.63) is 95.1 Å². The first-order valence-electron chi connectivity index (χ1n) is 7.84. The van der Waals surface area contributed by atoms with E-state index in [1.54, 1.807) is 6.07 Å². The molecule has 0 N–H and O–H groups in total. The predicted molar refractivity (Wildman–Crippen MR) is 95.2 cm³/mol. The van der Waals surface area contributed by atoms with E-state index in [0.717, 1.165) is 30.3 Å². The largest absolute Gasteiger partial charge is 0.379 e. The Kier molecular flexibility index (Phi) is 5.20. The van der Waals surface area contributed by atoms with Gasteiger partial charge in [0.1, 0.15) is 28.3 Å². The average Bonchev–Trinajstić information content (AvgIpc) is 2.68. The highest BCUT2D eigenvalue weighted by atomic mass is 32.2. The molecule has 28 heavy (non-hydrogen) atoms. The Morgan fingerprint density at radius 3 is 2.04 bits per heavy atom. The smallest absolute Gasteiger partial charge is 0.339 e. The molecule has 0 heterocycles. The molecule has 0 aliphatic heterocycles. The minimum Gasteiger partial charge on any atom is -0.379 e. The van der Waals surface area contributed by atoms with Crippen LogP contribution in [-0.2, 0) is 10.1 Å². The van der Waals surface area contributed by atoms with E-state index in [1.807, 2.05) is 0 Å². The molecule has 3 aromatic rings. The Morgan fingerprint density at radius 1 is 0.893 bits per heavy atom. The molecule has 0 amide bonds. The van der Waals surface area contributed by atoms with Gasteiger partial charge >= 0.3 is 10.1 Å². The van der Waals surface area contributed by atoms with Crippen molar-refractivity contribution in [2.75, 3.05) is 0 Å². The maximum absolute atomic E-state index is 13.4. The van der Waals surface area contributed by atoms with Crippen LogP contribution in [0.15, 0.2) is 71.6 Å². The summed E-state index contributed by atoms with van der Waals surface area (Å²) in [7, 11) is -4.30. The third kappa shape index (κ3) is 4.05. The van der Waals surface area contributed by atoms with Gasteiger partial charge in [0.25, 0.3) is 0 Å². The molecule has 5 nitrogen and oxygen atoms in total.